The van der Waals surface area contributed by atoms with Crippen molar-refractivity contribution in [1.82, 2.24) is 14.8 Å². The van der Waals surface area contributed by atoms with Gasteiger partial charge in [-0.25, -0.2) is 4.68 Å². The van der Waals surface area contributed by atoms with Crippen LogP contribution in [0.25, 0.3) is 16.9 Å². The van der Waals surface area contributed by atoms with E-state index in [1.165, 1.54) is 0 Å². The van der Waals surface area contributed by atoms with Gasteiger partial charge >= 0.3 is 0 Å². The number of nitrogens with zero attached hydrogens (tertiary/aromatic N) is 3. The first-order valence-electron chi connectivity index (χ1n) is 9.06. The third kappa shape index (κ3) is 3.55. The monoisotopic (exact) mass is 368 g/mol. The average molecular weight is 368 g/mol. The molecule has 1 N–H and O–H groups in total. The van der Waals surface area contributed by atoms with Crippen molar-refractivity contribution in [2.24, 2.45) is 0 Å². The molecule has 4 aromatic rings. The first kappa shape index (κ1) is 17.7. The highest BCUT2D eigenvalue weighted by Crippen LogP contribution is 2.25. The van der Waals surface area contributed by atoms with Gasteiger partial charge in [0.1, 0.15) is 5.69 Å². The van der Waals surface area contributed by atoms with Crippen LogP contribution >= 0.6 is 0 Å². The molecule has 0 saturated carbocycles. The molecule has 2 heterocycles. The zero-order valence-corrected chi connectivity index (χ0v) is 15.8. The molecule has 0 aliphatic rings. The van der Waals surface area contributed by atoms with Gasteiger partial charge < -0.3 is 5.32 Å². The number of anilines is 1. The topological polar surface area (TPSA) is 59.8 Å². The molecule has 2 aromatic carbocycles. The van der Waals surface area contributed by atoms with E-state index in [-0.39, 0.29) is 5.91 Å². The Hall–Kier alpha value is -3.73. The Morgan fingerprint density at radius 2 is 1.82 bits per heavy atom. The van der Waals surface area contributed by atoms with Crippen molar-refractivity contribution >= 4 is 11.6 Å². The van der Waals surface area contributed by atoms with E-state index in [9.17, 15) is 4.79 Å². The molecule has 0 aliphatic carbocycles. The van der Waals surface area contributed by atoms with E-state index < -0.39 is 0 Å². The van der Waals surface area contributed by atoms with Gasteiger partial charge in [-0.2, -0.15) is 5.10 Å². The number of pyridine rings is 1. The predicted molar refractivity (Wildman–Crippen MR) is 111 cm³/mol. The SMILES string of the molecule is Cc1ccc(NC(=O)c2cn(-c3ccccc3)nc2-c2cccnc2)c(C)c1. The summed E-state index contributed by atoms with van der Waals surface area (Å²) in [5.41, 5.74) is 5.74. The number of amides is 1. The summed E-state index contributed by atoms with van der Waals surface area (Å²) < 4.78 is 1.72. The summed E-state index contributed by atoms with van der Waals surface area (Å²) in [6, 6.07) is 19.4. The lowest BCUT2D eigenvalue weighted by molar-refractivity contribution is 0.102. The van der Waals surface area contributed by atoms with Gasteiger partial charge in [0.15, 0.2) is 0 Å². The summed E-state index contributed by atoms with van der Waals surface area (Å²) in [6.45, 7) is 4.01. The van der Waals surface area contributed by atoms with Crippen LogP contribution in [-0.4, -0.2) is 20.7 Å². The fourth-order valence-corrected chi connectivity index (χ4v) is 3.11. The van der Waals surface area contributed by atoms with Crippen LogP contribution in [0.4, 0.5) is 5.69 Å². The predicted octanol–water partition coefficient (Wildman–Crippen LogP) is 4.80. The maximum Gasteiger partial charge on any atom is 0.259 e. The van der Waals surface area contributed by atoms with Crippen molar-refractivity contribution in [3.8, 4) is 16.9 Å². The summed E-state index contributed by atoms with van der Waals surface area (Å²) >= 11 is 0. The molecule has 4 rings (SSSR count). The number of para-hydroxylation sites is 1. The molecule has 0 unspecified atom stereocenters. The number of carbonyl (C=O) groups excluding carboxylic acids is 1. The molecule has 0 fully saturated rings. The second-order valence-corrected chi connectivity index (χ2v) is 6.69. The van der Waals surface area contributed by atoms with E-state index >= 15 is 0 Å². The minimum absolute atomic E-state index is 0.201. The number of nitrogens with one attached hydrogen (secondary N) is 1. The quantitative estimate of drug-likeness (QED) is 0.563. The van der Waals surface area contributed by atoms with Crippen molar-refractivity contribution in [3.63, 3.8) is 0 Å². The molecule has 138 valence electrons. The molecule has 0 aliphatic heterocycles. The van der Waals surface area contributed by atoms with Crippen molar-refractivity contribution in [1.29, 1.82) is 0 Å². The van der Waals surface area contributed by atoms with E-state index in [0.29, 0.717) is 11.3 Å². The van der Waals surface area contributed by atoms with Gasteiger partial charge in [-0.15, -0.1) is 0 Å². The number of hydrogen-bond donors (Lipinski definition) is 1. The molecule has 5 heteroatoms. The van der Waals surface area contributed by atoms with Gasteiger partial charge in [0.25, 0.3) is 5.91 Å². The summed E-state index contributed by atoms with van der Waals surface area (Å²) in [7, 11) is 0. The van der Waals surface area contributed by atoms with Gasteiger partial charge in [-0.3, -0.25) is 9.78 Å². The maximum absolute atomic E-state index is 13.1. The molecule has 28 heavy (non-hydrogen) atoms. The Bertz CT molecular complexity index is 1120. The van der Waals surface area contributed by atoms with E-state index in [4.69, 9.17) is 0 Å². The summed E-state index contributed by atoms with van der Waals surface area (Å²) in [5, 5.41) is 7.68. The lowest BCUT2D eigenvalue weighted by Gasteiger charge is -2.09. The van der Waals surface area contributed by atoms with Crippen LogP contribution in [0.15, 0.2) is 79.3 Å². The Labute approximate surface area is 163 Å². The van der Waals surface area contributed by atoms with Gasteiger partial charge in [-0.05, 0) is 49.7 Å². The Morgan fingerprint density at radius 3 is 2.54 bits per heavy atom. The van der Waals surface area contributed by atoms with Crippen molar-refractivity contribution in [2.75, 3.05) is 5.32 Å². The highest BCUT2D eigenvalue weighted by Gasteiger charge is 2.19. The molecule has 0 spiro atoms. The van der Waals surface area contributed by atoms with Gasteiger partial charge in [0, 0.05) is 29.8 Å². The van der Waals surface area contributed by atoms with Crippen LogP contribution in [0, 0.1) is 13.8 Å². The van der Waals surface area contributed by atoms with Crippen LogP contribution in [-0.2, 0) is 0 Å². The van der Waals surface area contributed by atoms with Gasteiger partial charge in [0.2, 0.25) is 0 Å². The largest absolute Gasteiger partial charge is 0.322 e. The van der Waals surface area contributed by atoms with Crippen LogP contribution < -0.4 is 5.32 Å². The van der Waals surface area contributed by atoms with Crippen LogP contribution in [0.2, 0.25) is 0 Å². The second kappa shape index (κ2) is 7.48. The van der Waals surface area contributed by atoms with Crippen molar-refractivity contribution < 1.29 is 4.79 Å². The van der Waals surface area contributed by atoms with Crippen LogP contribution in [0.3, 0.4) is 0 Å². The minimum Gasteiger partial charge on any atom is -0.322 e. The first-order valence-corrected chi connectivity index (χ1v) is 9.06. The van der Waals surface area contributed by atoms with E-state index in [2.05, 4.69) is 15.4 Å². The molecule has 0 bridgehead atoms. The van der Waals surface area contributed by atoms with E-state index in [0.717, 1.165) is 28.1 Å². The smallest absolute Gasteiger partial charge is 0.259 e. The lowest BCUT2D eigenvalue weighted by atomic mass is 10.1. The third-order valence-corrected chi connectivity index (χ3v) is 4.54. The van der Waals surface area contributed by atoms with Crippen molar-refractivity contribution in [2.45, 2.75) is 13.8 Å². The molecule has 2 aromatic heterocycles. The zero-order valence-electron chi connectivity index (χ0n) is 15.8. The maximum atomic E-state index is 13.1. The number of benzene rings is 2. The lowest BCUT2D eigenvalue weighted by Crippen LogP contribution is -2.13. The summed E-state index contributed by atoms with van der Waals surface area (Å²) in [5.74, 6) is -0.201. The third-order valence-electron chi connectivity index (χ3n) is 4.54. The Balaban J connectivity index is 1.76. The molecule has 5 nitrogen and oxygen atoms in total. The fraction of sp³-hybridized carbons (Fsp3) is 0.0870. The fourth-order valence-electron chi connectivity index (χ4n) is 3.11. The molecule has 0 saturated heterocycles. The number of rotatable bonds is 4. The highest BCUT2D eigenvalue weighted by atomic mass is 16.1. The molecule has 0 radical (unpaired) electrons. The number of carbonyl (C=O) groups is 1. The van der Waals surface area contributed by atoms with Crippen LogP contribution in [0.1, 0.15) is 21.5 Å². The van der Waals surface area contributed by atoms with Crippen LogP contribution in [0.5, 0.6) is 0 Å². The highest BCUT2D eigenvalue weighted by molar-refractivity contribution is 6.08. The zero-order chi connectivity index (χ0) is 19.5. The average Bonchev–Trinajstić information content (AvgIpc) is 3.17. The molecular weight excluding hydrogens is 348 g/mol. The normalized spacial score (nSPS) is 10.6. The summed E-state index contributed by atoms with van der Waals surface area (Å²) in [6.07, 6.45) is 5.18. The molecule has 0 atom stereocenters. The molecule has 1 amide bonds. The Kier molecular flexibility index (Phi) is 4.72. The Morgan fingerprint density at radius 1 is 1.00 bits per heavy atom. The number of aryl methyl sites for hydroxylation is 2. The van der Waals surface area contributed by atoms with E-state index in [1.54, 1.807) is 23.3 Å². The van der Waals surface area contributed by atoms with Gasteiger partial charge in [-0.1, -0.05) is 35.9 Å². The minimum atomic E-state index is -0.201. The van der Waals surface area contributed by atoms with Gasteiger partial charge in [0.05, 0.1) is 11.3 Å². The van der Waals surface area contributed by atoms with E-state index in [1.807, 2.05) is 74.5 Å². The number of aromatic nitrogens is 3. The van der Waals surface area contributed by atoms with Crippen molar-refractivity contribution in [3.05, 3.63) is 95.9 Å². The molecular formula is C23H20N4O. The second-order valence-electron chi connectivity index (χ2n) is 6.69. The standard InChI is InChI=1S/C23H20N4O/c1-16-10-11-21(17(2)13-16)25-23(28)20-15-27(19-8-4-3-5-9-19)26-22(20)18-7-6-12-24-14-18/h3-15H,1-2H3,(H,25,28). The summed E-state index contributed by atoms with van der Waals surface area (Å²) in [4.78, 5) is 17.3. The first-order chi connectivity index (χ1) is 13.6. The number of hydrogen-bond acceptors (Lipinski definition) is 3.